The first-order chi connectivity index (χ1) is 13.1. The van der Waals surface area contributed by atoms with Gasteiger partial charge in [0.25, 0.3) is 5.56 Å². The largest absolute Gasteiger partial charge is 0.361 e. The van der Waals surface area contributed by atoms with E-state index in [0.717, 1.165) is 56.0 Å². The third-order valence-corrected chi connectivity index (χ3v) is 5.99. The number of aromatic amines is 2. The highest BCUT2D eigenvalue weighted by Gasteiger charge is 2.29. The molecule has 2 aromatic heterocycles. The molecule has 1 aromatic carbocycles. The third-order valence-electron chi connectivity index (χ3n) is 5.99. The van der Waals surface area contributed by atoms with Gasteiger partial charge in [0, 0.05) is 48.2 Å². The Morgan fingerprint density at radius 1 is 1.30 bits per heavy atom. The minimum Gasteiger partial charge on any atom is -0.361 e. The van der Waals surface area contributed by atoms with Gasteiger partial charge < -0.3 is 9.97 Å². The summed E-state index contributed by atoms with van der Waals surface area (Å²) in [6.45, 7) is 6.99. The molecule has 5 nitrogen and oxygen atoms in total. The van der Waals surface area contributed by atoms with Crippen molar-refractivity contribution in [3.8, 4) is 0 Å². The third kappa shape index (κ3) is 3.10. The second-order valence-electron chi connectivity index (χ2n) is 8.38. The molecule has 1 aliphatic carbocycles. The van der Waals surface area contributed by atoms with Gasteiger partial charge in [0.1, 0.15) is 5.82 Å². The number of H-pyrrole nitrogens is 2. The summed E-state index contributed by atoms with van der Waals surface area (Å²) in [5.41, 5.74) is 5.83. The Kier molecular flexibility index (Phi) is 3.93. The van der Waals surface area contributed by atoms with Crippen LogP contribution in [0, 0.1) is 0 Å². The van der Waals surface area contributed by atoms with E-state index in [1.807, 2.05) is 0 Å². The Bertz CT molecular complexity index is 1060. The predicted molar refractivity (Wildman–Crippen MR) is 107 cm³/mol. The van der Waals surface area contributed by atoms with E-state index in [4.69, 9.17) is 4.98 Å². The van der Waals surface area contributed by atoms with Crippen LogP contribution in [0.5, 0.6) is 0 Å². The normalized spacial score (nSPS) is 17.6. The Morgan fingerprint density at radius 2 is 2.15 bits per heavy atom. The van der Waals surface area contributed by atoms with Crippen LogP contribution in [-0.2, 0) is 19.5 Å². The lowest BCUT2D eigenvalue weighted by molar-refractivity contribution is 0.241. The van der Waals surface area contributed by atoms with Crippen molar-refractivity contribution < 1.29 is 0 Å². The van der Waals surface area contributed by atoms with E-state index >= 15 is 0 Å². The summed E-state index contributed by atoms with van der Waals surface area (Å²) in [5, 5.41) is 1.29. The van der Waals surface area contributed by atoms with Crippen LogP contribution in [0.1, 0.15) is 66.7 Å². The van der Waals surface area contributed by atoms with Crippen molar-refractivity contribution in [2.24, 2.45) is 0 Å². The van der Waals surface area contributed by atoms with Crippen molar-refractivity contribution >= 4 is 10.9 Å². The Morgan fingerprint density at radius 3 is 2.93 bits per heavy atom. The average Bonchev–Trinajstić information content (AvgIpc) is 3.43. The van der Waals surface area contributed by atoms with Crippen molar-refractivity contribution in [3.63, 3.8) is 0 Å². The molecule has 5 rings (SSSR count). The number of nitrogens with zero attached hydrogens (tertiary/aromatic N) is 2. The number of aromatic nitrogens is 3. The minimum atomic E-state index is 0.0786. The molecule has 5 heteroatoms. The van der Waals surface area contributed by atoms with Crippen molar-refractivity contribution in [3.05, 3.63) is 63.0 Å². The zero-order valence-corrected chi connectivity index (χ0v) is 16.0. The van der Waals surface area contributed by atoms with Crippen LogP contribution in [0.4, 0.5) is 0 Å². The van der Waals surface area contributed by atoms with Crippen LogP contribution in [0.15, 0.2) is 29.2 Å². The highest BCUT2D eigenvalue weighted by atomic mass is 16.1. The summed E-state index contributed by atoms with van der Waals surface area (Å²) in [7, 11) is 0. The van der Waals surface area contributed by atoms with Crippen LogP contribution < -0.4 is 5.56 Å². The van der Waals surface area contributed by atoms with Gasteiger partial charge in [0.15, 0.2) is 0 Å². The molecule has 1 aliphatic heterocycles. The Hall–Kier alpha value is -2.40. The molecule has 3 heterocycles. The zero-order chi connectivity index (χ0) is 18.5. The molecule has 2 N–H and O–H groups in total. The van der Waals surface area contributed by atoms with Gasteiger partial charge in [-0.1, -0.05) is 26.0 Å². The van der Waals surface area contributed by atoms with Gasteiger partial charge in [-0.05, 0) is 42.4 Å². The summed E-state index contributed by atoms with van der Waals surface area (Å²) in [4.78, 5) is 26.0. The average molecular weight is 362 g/mol. The molecule has 27 heavy (non-hydrogen) atoms. The van der Waals surface area contributed by atoms with Crippen LogP contribution in [0.3, 0.4) is 0 Å². The van der Waals surface area contributed by atoms with E-state index < -0.39 is 0 Å². The lowest BCUT2D eigenvalue weighted by Crippen LogP contribution is -2.35. The molecule has 0 saturated heterocycles. The molecule has 0 spiro atoms. The van der Waals surface area contributed by atoms with E-state index in [9.17, 15) is 4.79 Å². The van der Waals surface area contributed by atoms with Gasteiger partial charge in [0.2, 0.25) is 0 Å². The van der Waals surface area contributed by atoms with Crippen molar-refractivity contribution in [1.82, 2.24) is 19.9 Å². The van der Waals surface area contributed by atoms with Crippen LogP contribution >= 0.6 is 0 Å². The van der Waals surface area contributed by atoms with E-state index in [2.05, 4.69) is 53.1 Å². The summed E-state index contributed by atoms with van der Waals surface area (Å²) >= 11 is 0. The first-order valence-corrected chi connectivity index (χ1v) is 10.0. The van der Waals surface area contributed by atoms with E-state index in [0.29, 0.717) is 11.8 Å². The number of hydrogen-bond acceptors (Lipinski definition) is 3. The molecule has 0 bridgehead atoms. The molecule has 0 amide bonds. The molecule has 1 saturated carbocycles. The zero-order valence-electron chi connectivity index (χ0n) is 16.0. The number of fused-ring (bicyclic) bond motifs is 2. The van der Waals surface area contributed by atoms with E-state index in [-0.39, 0.29) is 5.56 Å². The Labute approximate surface area is 158 Å². The summed E-state index contributed by atoms with van der Waals surface area (Å²) in [6, 6.07) is 6.74. The molecule has 0 atom stereocenters. The Balaban J connectivity index is 1.39. The predicted octanol–water partition coefficient (Wildman–Crippen LogP) is 3.81. The fourth-order valence-electron chi connectivity index (χ4n) is 4.13. The highest BCUT2D eigenvalue weighted by molar-refractivity contribution is 5.83. The van der Waals surface area contributed by atoms with Gasteiger partial charge >= 0.3 is 0 Å². The maximum atomic E-state index is 12.4. The molecule has 2 aliphatic rings. The second-order valence-corrected chi connectivity index (χ2v) is 8.38. The molecular formula is C22H26N4O. The standard InChI is InChI=1S/C22H26N4O/c1-13(2)15-5-6-17-16(10-23-19(17)9-15)11-26-8-7-18-20(12-26)24-21(14-3-4-14)25-22(18)27/h5-6,9-10,13-14,23H,3-4,7-8,11-12H2,1-2H3,(H,24,25,27). The van der Waals surface area contributed by atoms with E-state index in [1.165, 1.54) is 22.0 Å². The van der Waals surface area contributed by atoms with Gasteiger partial charge in [0.05, 0.1) is 5.69 Å². The lowest BCUT2D eigenvalue weighted by atomic mass is 10.0. The molecule has 0 radical (unpaired) electrons. The molecule has 3 aromatic rings. The number of nitrogens with one attached hydrogen (secondary N) is 2. The van der Waals surface area contributed by atoms with E-state index in [1.54, 1.807) is 0 Å². The maximum Gasteiger partial charge on any atom is 0.254 e. The first-order valence-electron chi connectivity index (χ1n) is 10.0. The quantitative estimate of drug-likeness (QED) is 0.742. The lowest BCUT2D eigenvalue weighted by Gasteiger charge is -2.27. The SMILES string of the molecule is CC(C)c1ccc2c(CN3CCc4c(nc(C5CC5)[nH]c4=O)C3)c[nH]c2c1. The highest BCUT2D eigenvalue weighted by Crippen LogP contribution is 2.38. The van der Waals surface area contributed by atoms with Gasteiger partial charge in [-0.15, -0.1) is 0 Å². The van der Waals surface area contributed by atoms with Crippen LogP contribution in [-0.4, -0.2) is 26.4 Å². The molecule has 0 unspecified atom stereocenters. The topological polar surface area (TPSA) is 64.8 Å². The first kappa shape index (κ1) is 16.8. The van der Waals surface area contributed by atoms with Gasteiger partial charge in [-0.2, -0.15) is 0 Å². The number of hydrogen-bond donors (Lipinski definition) is 2. The minimum absolute atomic E-state index is 0.0786. The fraction of sp³-hybridized carbons (Fsp3) is 0.455. The van der Waals surface area contributed by atoms with Gasteiger partial charge in [-0.25, -0.2) is 4.98 Å². The molecular weight excluding hydrogens is 336 g/mol. The number of rotatable bonds is 4. The van der Waals surface area contributed by atoms with Crippen molar-refractivity contribution in [2.75, 3.05) is 6.54 Å². The maximum absolute atomic E-state index is 12.4. The second kappa shape index (κ2) is 6.34. The molecule has 140 valence electrons. The van der Waals surface area contributed by atoms with Crippen LogP contribution in [0.25, 0.3) is 10.9 Å². The van der Waals surface area contributed by atoms with Crippen molar-refractivity contribution in [1.29, 1.82) is 0 Å². The smallest absolute Gasteiger partial charge is 0.254 e. The monoisotopic (exact) mass is 362 g/mol. The fourth-order valence-corrected chi connectivity index (χ4v) is 4.13. The van der Waals surface area contributed by atoms with Crippen LogP contribution in [0.2, 0.25) is 0 Å². The van der Waals surface area contributed by atoms with Gasteiger partial charge in [-0.3, -0.25) is 9.69 Å². The summed E-state index contributed by atoms with van der Waals surface area (Å²) < 4.78 is 0. The summed E-state index contributed by atoms with van der Waals surface area (Å²) in [6.07, 6.45) is 5.21. The molecule has 1 fully saturated rings. The number of benzene rings is 1. The summed E-state index contributed by atoms with van der Waals surface area (Å²) in [5.74, 6) is 1.90. The van der Waals surface area contributed by atoms with Crippen molar-refractivity contribution in [2.45, 2.75) is 58.0 Å².